The molecular formula is C18H21N9O3. The normalized spacial score (nSPS) is 11.4. The smallest absolute Gasteiger partial charge is 0.293 e. The molecule has 2 heterocycles. The molecular weight excluding hydrogens is 390 g/mol. The second-order valence-corrected chi connectivity index (χ2v) is 6.42. The van der Waals surface area contributed by atoms with E-state index in [2.05, 4.69) is 41.1 Å². The maximum absolute atomic E-state index is 12.7. The Hall–Kier alpha value is -4.09. The summed E-state index contributed by atoms with van der Waals surface area (Å²) in [7, 11) is 0. The molecule has 4 N–H and O–H groups in total. The molecule has 30 heavy (non-hydrogen) atoms. The van der Waals surface area contributed by atoms with E-state index >= 15 is 0 Å². The van der Waals surface area contributed by atoms with Crippen molar-refractivity contribution in [1.29, 1.82) is 0 Å². The second kappa shape index (κ2) is 8.94. The molecule has 0 aliphatic heterocycles. The molecule has 0 spiro atoms. The standard InChI is InChI=1S/C18H21N9O3/c1-4-6-14-15(22-26-27(14)17-16(19)24-30-25-17)18(29)23-21-10(2)12-7-5-8-13(9-12)20-11(3)28/h5,7-9H,4,6H2,1-3H3,(H2,19,24)(H,20,28)(H,23,29). The molecule has 0 atom stereocenters. The van der Waals surface area contributed by atoms with Gasteiger partial charge in [0.05, 0.1) is 11.4 Å². The zero-order chi connectivity index (χ0) is 21.7. The Balaban J connectivity index is 1.81. The summed E-state index contributed by atoms with van der Waals surface area (Å²) >= 11 is 0. The van der Waals surface area contributed by atoms with Gasteiger partial charge in [-0.25, -0.2) is 10.1 Å². The van der Waals surface area contributed by atoms with Gasteiger partial charge in [0.2, 0.25) is 17.5 Å². The number of hydrogen-bond donors (Lipinski definition) is 3. The molecule has 0 saturated carbocycles. The van der Waals surface area contributed by atoms with Crippen LogP contribution in [0.25, 0.3) is 5.82 Å². The number of nitrogen functional groups attached to an aromatic ring is 1. The van der Waals surface area contributed by atoms with Crippen LogP contribution >= 0.6 is 0 Å². The molecule has 0 radical (unpaired) electrons. The van der Waals surface area contributed by atoms with Crippen LogP contribution in [0, 0.1) is 0 Å². The van der Waals surface area contributed by atoms with Crippen molar-refractivity contribution in [3.05, 3.63) is 41.2 Å². The van der Waals surface area contributed by atoms with Crippen molar-refractivity contribution in [1.82, 2.24) is 30.7 Å². The van der Waals surface area contributed by atoms with Crippen LogP contribution in [0.5, 0.6) is 0 Å². The molecule has 2 aromatic heterocycles. The number of aromatic nitrogens is 5. The minimum atomic E-state index is -0.530. The SMILES string of the molecule is CCCc1c(C(=O)NN=C(C)c2cccc(NC(C)=O)c2)nnn1-c1nonc1N. The number of carbonyl (C=O) groups excluding carboxylic acids is 2. The van der Waals surface area contributed by atoms with Crippen molar-refractivity contribution in [3.63, 3.8) is 0 Å². The summed E-state index contributed by atoms with van der Waals surface area (Å²) < 4.78 is 5.93. The summed E-state index contributed by atoms with van der Waals surface area (Å²) in [6.45, 7) is 5.12. The maximum atomic E-state index is 12.7. The summed E-state index contributed by atoms with van der Waals surface area (Å²) in [5.41, 5.74) is 10.7. The lowest BCUT2D eigenvalue weighted by Crippen LogP contribution is -2.21. The molecule has 12 nitrogen and oxygen atoms in total. The van der Waals surface area contributed by atoms with E-state index in [-0.39, 0.29) is 23.2 Å². The van der Waals surface area contributed by atoms with Crippen LogP contribution in [0.1, 0.15) is 48.9 Å². The predicted octanol–water partition coefficient (Wildman–Crippen LogP) is 1.30. The van der Waals surface area contributed by atoms with Crippen molar-refractivity contribution in [2.75, 3.05) is 11.1 Å². The summed E-state index contributed by atoms with van der Waals surface area (Å²) in [5.74, 6) is -0.502. The number of anilines is 2. The molecule has 12 heteroatoms. The van der Waals surface area contributed by atoms with Gasteiger partial charge >= 0.3 is 0 Å². The first-order valence-electron chi connectivity index (χ1n) is 9.16. The van der Waals surface area contributed by atoms with Gasteiger partial charge in [-0.2, -0.15) is 9.78 Å². The summed E-state index contributed by atoms with van der Waals surface area (Å²) in [5, 5.41) is 22.0. The first-order valence-corrected chi connectivity index (χ1v) is 9.16. The van der Waals surface area contributed by atoms with Crippen LogP contribution in [-0.4, -0.2) is 42.8 Å². The Bertz CT molecular complexity index is 1100. The van der Waals surface area contributed by atoms with E-state index in [9.17, 15) is 9.59 Å². The van der Waals surface area contributed by atoms with Gasteiger partial charge in [-0.15, -0.1) is 5.10 Å². The Morgan fingerprint density at radius 3 is 2.73 bits per heavy atom. The van der Waals surface area contributed by atoms with E-state index in [0.29, 0.717) is 23.5 Å². The van der Waals surface area contributed by atoms with E-state index in [4.69, 9.17) is 5.73 Å². The molecule has 2 amide bonds. The quantitative estimate of drug-likeness (QED) is 0.386. The largest absolute Gasteiger partial charge is 0.378 e. The van der Waals surface area contributed by atoms with Crippen molar-refractivity contribution in [2.45, 2.75) is 33.6 Å². The zero-order valence-corrected chi connectivity index (χ0v) is 16.7. The number of carbonyl (C=O) groups is 2. The molecule has 0 fully saturated rings. The van der Waals surface area contributed by atoms with E-state index in [1.165, 1.54) is 11.6 Å². The lowest BCUT2D eigenvalue weighted by Gasteiger charge is -2.06. The molecule has 1 aromatic carbocycles. The molecule has 0 saturated heterocycles. The third-order valence-electron chi connectivity index (χ3n) is 4.09. The van der Waals surface area contributed by atoms with Gasteiger partial charge in [-0.1, -0.05) is 30.7 Å². The second-order valence-electron chi connectivity index (χ2n) is 6.42. The number of nitrogens with one attached hydrogen (secondary N) is 2. The van der Waals surface area contributed by atoms with Gasteiger partial charge in [-0.05, 0) is 41.4 Å². The Morgan fingerprint density at radius 1 is 1.27 bits per heavy atom. The number of nitrogens with two attached hydrogens (primary N) is 1. The molecule has 3 rings (SSSR count). The Kier molecular flexibility index (Phi) is 6.15. The highest BCUT2D eigenvalue weighted by Crippen LogP contribution is 2.17. The third kappa shape index (κ3) is 4.48. The predicted molar refractivity (Wildman–Crippen MR) is 108 cm³/mol. The molecule has 156 valence electrons. The molecule has 0 aliphatic carbocycles. The lowest BCUT2D eigenvalue weighted by molar-refractivity contribution is -0.114. The monoisotopic (exact) mass is 411 g/mol. The van der Waals surface area contributed by atoms with Crippen molar-refractivity contribution < 1.29 is 14.2 Å². The van der Waals surface area contributed by atoms with E-state index in [1.807, 2.05) is 13.0 Å². The van der Waals surface area contributed by atoms with Crippen molar-refractivity contribution in [2.24, 2.45) is 5.10 Å². The van der Waals surface area contributed by atoms with Crippen molar-refractivity contribution >= 4 is 29.0 Å². The van der Waals surface area contributed by atoms with E-state index < -0.39 is 5.91 Å². The highest BCUT2D eigenvalue weighted by molar-refractivity contribution is 6.02. The topological polar surface area (TPSA) is 166 Å². The van der Waals surface area contributed by atoms with Crippen LogP contribution in [0.3, 0.4) is 0 Å². The molecule has 3 aromatic rings. The van der Waals surface area contributed by atoms with Crippen LogP contribution in [0.15, 0.2) is 34.0 Å². The molecule has 0 bridgehead atoms. The van der Waals surface area contributed by atoms with E-state index in [1.54, 1.807) is 25.1 Å². The van der Waals surface area contributed by atoms with Gasteiger partial charge in [0.15, 0.2) is 5.69 Å². The average molecular weight is 411 g/mol. The zero-order valence-electron chi connectivity index (χ0n) is 16.7. The lowest BCUT2D eigenvalue weighted by atomic mass is 10.1. The fourth-order valence-electron chi connectivity index (χ4n) is 2.72. The Morgan fingerprint density at radius 2 is 2.07 bits per heavy atom. The highest BCUT2D eigenvalue weighted by atomic mass is 16.6. The number of hydrazone groups is 1. The Labute approximate surface area is 171 Å². The molecule has 0 unspecified atom stereocenters. The fraction of sp³-hybridized carbons (Fsp3) is 0.278. The fourth-order valence-corrected chi connectivity index (χ4v) is 2.72. The first kappa shape index (κ1) is 20.6. The summed E-state index contributed by atoms with van der Waals surface area (Å²) in [4.78, 5) is 23.9. The van der Waals surface area contributed by atoms with Gasteiger partial charge in [0.1, 0.15) is 0 Å². The first-order chi connectivity index (χ1) is 14.4. The summed E-state index contributed by atoms with van der Waals surface area (Å²) in [6, 6.07) is 7.11. The van der Waals surface area contributed by atoms with Crippen LogP contribution in [0.2, 0.25) is 0 Å². The minimum Gasteiger partial charge on any atom is -0.378 e. The van der Waals surface area contributed by atoms with Gasteiger partial charge in [0, 0.05) is 12.6 Å². The van der Waals surface area contributed by atoms with E-state index in [0.717, 1.165) is 12.0 Å². The average Bonchev–Trinajstić information content (AvgIpc) is 3.31. The number of hydrogen-bond acceptors (Lipinski definition) is 9. The number of rotatable bonds is 7. The summed E-state index contributed by atoms with van der Waals surface area (Å²) in [6.07, 6.45) is 1.24. The number of nitrogens with zero attached hydrogens (tertiary/aromatic N) is 6. The highest BCUT2D eigenvalue weighted by Gasteiger charge is 2.23. The van der Waals surface area contributed by atoms with Gasteiger partial charge < -0.3 is 11.1 Å². The minimum absolute atomic E-state index is 0.0390. The van der Waals surface area contributed by atoms with Gasteiger partial charge in [0.25, 0.3) is 5.91 Å². The van der Waals surface area contributed by atoms with Crippen LogP contribution < -0.4 is 16.5 Å². The maximum Gasteiger partial charge on any atom is 0.293 e. The molecule has 0 aliphatic rings. The number of amides is 2. The van der Waals surface area contributed by atoms with Gasteiger partial charge in [-0.3, -0.25) is 9.59 Å². The number of benzene rings is 1. The van der Waals surface area contributed by atoms with Crippen LogP contribution in [-0.2, 0) is 11.2 Å². The van der Waals surface area contributed by atoms with Crippen molar-refractivity contribution in [3.8, 4) is 5.82 Å². The third-order valence-corrected chi connectivity index (χ3v) is 4.09. The van der Waals surface area contributed by atoms with Crippen LogP contribution in [0.4, 0.5) is 11.5 Å².